The highest BCUT2D eigenvalue weighted by Crippen LogP contribution is 2.31. The molecule has 2 heterocycles. The van der Waals surface area contributed by atoms with E-state index in [9.17, 15) is 19.5 Å². The zero-order chi connectivity index (χ0) is 22.9. The number of aryl methyl sites for hydroxylation is 1. The maximum Gasteiger partial charge on any atom is 0.323 e. The van der Waals surface area contributed by atoms with E-state index in [1.165, 1.54) is 16.2 Å². The van der Waals surface area contributed by atoms with Crippen LogP contribution in [0.5, 0.6) is 0 Å². The van der Waals surface area contributed by atoms with E-state index in [4.69, 9.17) is 4.74 Å². The van der Waals surface area contributed by atoms with Gasteiger partial charge in [-0.05, 0) is 25.3 Å². The molecule has 10 heteroatoms. The van der Waals surface area contributed by atoms with Crippen LogP contribution in [0, 0.1) is 0 Å². The van der Waals surface area contributed by atoms with Gasteiger partial charge < -0.3 is 14.7 Å². The molecule has 1 aliphatic rings. The number of nitrogens with one attached hydrogen (secondary N) is 1. The number of carbonyl (C=O) groups excluding carboxylic acids is 2. The Labute approximate surface area is 195 Å². The number of esters is 1. The minimum absolute atomic E-state index is 0.243. The van der Waals surface area contributed by atoms with Gasteiger partial charge in [0, 0.05) is 23.1 Å². The van der Waals surface area contributed by atoms with Gasteiger partial charge in [-0.1, -0.05) is 30.3 Å². The Morgan fingerprint density at radius 1 is 1.31 bits per heavy atom. The number of ether oxygens (including phenoxy) is 1. The lowest BCUT2D eigenvalue weighted by Crippen LogP contribution is -2.54. The number of thioether (sulfide) groups is 1. The van der Waals surface area contributed by atoms with Crippen molar-refractivity contribution < 1.29 is 24.2 Å². The second-order valence-electron chi connectivity index (χ2n) is 7.33. The summed E-state index contributed by atoms with van der Waals surface area (Å²) in [7, 11) is 0. The number of amides is 1. The maximum atomic E-state index is 13.4. The Kier molecular flexibility index (Phi) is 9.07. The first-order valence-electron chi connectivity index (χ1n) is 10.5. The Balaban J connectivity index is 1.77. The summed E-state index contributed by atoms with van der Waals surface area (Å²) >= 11 is 2.94. The van der Waals surface area contributed by atoms with Crippen molar-refractivity contribution in [2.75, 3.05) is 24.7 Å². The van der Waals surface area contributed by atoms with E-state index in [0.29, 0.717) is 29.4 Å². The lowest BCUT2D eigenvalue weighted by molar-refractivity contribution is -0.149. The van der Waals surface area contributed by atoms with Crippen LogP contribution in [0.15, 0.2) is 41.9 Å². The van der Waals surface area contributed by atoms with Crippen molar-refractivity contribution in [2.24, 2.45) is 0 Å². The quantitative estimate of drug-likeness (QED) is 0.502. The zero-order valence-electron chi connectivity index (χ0n) is 17.8. The monoisotopic (exact) mass is 477 g/mol. The van der Waals surface area contributed by atoms with Gasteiger partial charge in [0.1, 0.15) is 17.6 Å². The fourth-order valence-electron chi connectivity index (χ4n) is 3.58. The van der Waals surface area contributed by atoms with Gasteiger partial charge >= 0.3 is 11.9 Å². The standard InChI is InChI=1S/C22H27N3O5S2/c1-2-30-22(29)16(9-8-15-6-4-3-5-7-15)24-17-13-31-14-18(20-23-10-11-32-20)25(21(17)28)12-19(26)27/h3-7,10-11,16-18,24H,2,8-9,12-14H2,1H3,(H,26,27). The average molecular weight is 478 g/mol. The highest BCUT2D eigenvalue weighted by atomic mass is 32.2. The molecule has 1 aliphatic heterocycles. The molecule has 0 bridgehead atoms. The molecule has 8 nitrogen and oxygen atoms in total. The fraction of sp³-hybridized carbons (Fsp3) is 0.455. The van der Waals surface area contributed by atoms with Crippen molar-refractivity contribution in [1.29, 1.82) is 0 Å². The number of hydrogen-bond acceptors (Lipinski definition) is 8. The molecule has 172 valence electrons. The third-order valence-corrected chi connectivity index (χ3v) is 7.09. The lowest BCUT2D eigenvalue weighted by atomic mass is 10.0. The van der Waals surface area contributed by atoms with E-state index in [0.717, 1.165) is 5.56 Å². The summed E-state index contributed by atoms with van der Waals surface area (Å²) < 4.78 is 5.24. The molecule has 3 unspecified atom stereocenters. The molecule has 0 radical (unpaired) electrons. The first-order valence-corrected chi connectivity index (χ1v) is 12.5. The summed E-state index contributed by atoms with van der Waals surface area (Å²) in [6.45, 7) is 1.56. The van der Waals surface area contributed by atoms with Gasteiger partial charge in [-0.3, -0.25) is 19.7 Å². The molecule has 1 saturated heterocycles. The Hall–Kier alpha value is -2.43. The number of rotatable bonds is 10. The molecular weight excluding hydrogens is 450 g/mol. The van der Waals surface area contributed by atoms with E-state index >= 15 is 0 Å². The van der Waals surface area contributed by atoms with E-state index < -0.39 is 36.6 Å². The molecule has 0 saturated carbocycles. The van der Waals surface area contributed by atoms with E-state index in [-0.39, 0.29) is 12.5 Å². The van der Waals surface area contributed by atoms with E-state index in [1.807, 2.05) is 35.7 Å². The number of thiazole rings is 1. The number of carbonyl (C=O) groups is 3. The number of nitrogens with zero attached hydrogens (tertiary/aromatic N) is 2. The number of benzene rings is 1. The van der Waals surface area contributed by atoms with E-state index in [1.54, 1.807) is 24.9 Å². The molecule has 0 aliphatic carbocycles. The first kappa shape index (κ1) is 24.2. The van der Waals surface area contributed by atoms with Crippen LogP contribution in [0.2, 0.25) is 0 Å². The SMILES string of the molecule is CCOC(=O)C(CCc1ccccc1)NC1CSCC(c2nccs2)N(CC(=O)O)C1=O. The maximum absolute atomic E-state index is 13.4. The van der Waals surface area contributed by atoms with Crippen LogP contribution < -0.4 is 5.32 Å². The molecule has 1 fully saturated rings. The normalized spacial score (nSPS) is 19.9. The Bertz CT molecular complexity index is 894. The van der Waals surface area contributed by atoms with Crippen LogP contribution in [0.25, 0.3) is 0 Å². The molecule has 1 amide bonds. The summed E-state index contributed by atoms with van der Waals surface area (Å²) in [5.74, 6) is -0.869. The van der Waals surface area contributed by atoms with Crippen LogP contribution in [-0.2, 0) is 25.5 Å². The number of aromatic nitrogens is 1. The van der Waals surface area contributed by atoms with Crippen molar-refractivity contribution in [3.63, 3.8) is 0 Å². The van der Waals surface area contributed by atoms with E-state index in [2.05, 4.69) is 10.3 Å². The molecule has 3 rings (SSSR count). The largest absolute Gasteiger partial charge is 0.480 e. The second kappa shape index (κ2) is 12.0. The summed E-state index contributed by atoms with van der Waals surface area (Å²) in [6.07, 6.45) is 2.76. The number of carboxylic acids is 1. The van der Waals surface area contributed by atoms with Crippen LogP contribution in [0.4, 0.5) is 0 Å². The van der Waals surface area contributed by atoms with Crippen LogP contribution in [0.1, 0.15) is 30.0 Å². The molecule has 32 heavy (non-hydrogen) atoms. The highest BCUT2D eigenvalue weighted by molar-refractivity contribution is 7.99. The Morgan fingerprint density at radius 3 is 2.75 bits per heavy atom. The average Bonchev–Trinajstić information content (AvgIpc) is 3.27. The fourth-order valence-corrected chi connectivity index (χ4v) is 5.61. The van der Waals surface area contributed by atoms with Gasteiger partial charge in [0.15, 0.2) is 0 Å². The van der Waals surface area contributed by atoms with Gasteiger partial charge in [-0.2, -0.15) is 11.8 Å². The third kappa shape index (κ3) is 6.54. The van der Waals surface area contributed by atoms with Gasteiger partial charge in [0.05, 0.1) is 18.7 Å². The molecule has 0 spiro atoms. The molecule has 3 atom stereocenters. The van der Waals surface area contributed by atoms with Crippen molar-refractivity contribution in [3.8, 4) is 0 Å². The third-order valence-electron chi connectivity index (χ3n) is 5.10. The lowest BCUT2D eigenvalue weighted by Gasteiger charge is -2.30. The van der Waals surface area contributed by atoms with Crippen molar-refractivity contribution >= 4 is 40.9 Å². The number of hydrogen-bond donors (Lipinski definition) is 2. The summed E-state index contributed by atoms with van der Waals surface area (Å²) in [4.78, 5) is 43.2. The number of carboxylic acid groups (broad SMARTS) is 1. The minimum Gasteiger partial charge on any atom is -0.480 e. The van der Waals surface area contributed by atoms with Gasteiger partial charge in [-0.25, -0.2) is 4.98 Å². The van der Waals surface area contributed by atoms with Gasteiger partial charge in [0.2, 0.25) is 5.91 Å². The zero-order valence-corrected chi connectivity index (χ0v) is 19.4. The topological polar surface area (TPSA) is 109 Å². The van der Waals surface area contributed by atoms with Gasteiger partial charge in [-0.15, -0.1) is 11.3 Å². The minimum atomic E-state index is -1.09. The summed E-state index contributed by atoms with van der Waals surface area (Å²) in [6, 6.07) is 8.00. The molecular formula is C22H27N3O5S2. The molecule has 1 aromatic carbocycles. The van der Waals surface area contributed by atoms with Crippen LogP contribution in [0.3, 0.4) is 0 Å². The predicted octanol–water partition coefficient (Wildman–Crippen LogP) is 2.37. The second-order valence-corrected chi connectivity index (χ2v) is 9.33. The highest BCUT2D eigenvalue weighted by Gasteiger charge is 2.38. The first-order chi connectivity index (χ1) is 15.5. The van der Waals surface area contributed by atoms with Crippen LogP contribution in [-0.4, -0.2) is 69.6 Å². The molecule has 2 N–H and O–H groups in total. The van der Waals surface area contributed by atoms with Gasteiger partial charge in [0.25, 0.3) is 0 Å². The van der Waals surface area contributed by atoms with Crippen molar-refractivity contribution in [2.45, 2.75) is 37.9 Å². The van der Waals surface area contributed by atoms with Crippen molar-refractivity contribution in [3.05, 3.63) is 52.5 Å². The molecule has 2 aromatic rings. The smallest absolute Gasteiger partial charge is 0.323 e. The Morgan fingerprint density at radius 2 is 2.09 bits per heavy atom. The molecule has 1 aromatic heterocycles. The summed E-state index contributed by atoms with van der Waals surface area (Å²) in [5.41, 5.74) is 1.08. The predicted molar refractivity (Wildman–Crippen MR) is 124 cm³/mol. The number of aliphatic carboxylic acids is 1. The van der Waals surface area contributed by atoms with Crippen LogP contribution >= 0.6 is 23.1 Å². The van der Waals surface area contributed by atoms with Crippen molar-refractivity contribution in [1.82, 2.24) is 15.2 Å². The summed E-state index contributed by atoms with van der Waals surface area (Å²) in [5, 5.41) is 15.1.